The third-order valence-corrected chi connectivity index (χ3v) is 6.99. The molecule has 1 saturated carbocycles. The molecule has 0 bridgehead atoms. The Kier molecular flexibility index (Phi) is 11.2. The van der Waals surface area contributed by atoms with E-state index in [-0.39, 0.29) is 29.2 Å². The minimum atomic E-state index is -0.854. The summed E-state index contributed by atoms with van der Waals surface area (Å²) >= 11 is 0. The number of carbonyl (C=O) groups excluding carboxylic acids is 3. The van der Waals surface area contributed by atoms with Crippen molar-refractivity contribution in [3.05, 3.63) is 18.0 Å². The summed E-state index contributed by atoms with van der Waals surface area (Å²) in [6, 6.07) is 0.668. The standard InChI is InChI=1S/C28H42N2O8/c1-17(2)9-12-21-7-6-8-22(28(33)38-18(3)25(21)35-15-20-10-11-20)30-27(32)24-26(37-16-36-19(4)31)23(34-5)13-14-29-24/h13-14,17-18,20-22,25H,6-12,15-16H2,1-5H3,(H,30,32)/t18-,21+,22-,25-/m0/s1. The Balaban J connectivity index is 1.73. The minimum absolute atomic E-state index is 0.0147. The highest BCUT2D eigenvalue weighted by molar-refractivity contribution is 5.98. The molecule has 1 aliphatic heterocycles. The summed E-state index contributed by atoms with van der Waals surface area (Å²) in [5.74, 6) is 0.0592. The number of rotatable bonds is 12. The molecule has 2 heterocycles. The molecule has 3 rings (SSSR count). The largest absolute Gasteiger partial charge is 0.493 e. The highest BCUT2D eigenvalue weighted by Crippen LogP contribution is 2.34. The van der Waals surface area contributed by atoms with Crippen molar-refractivity contribution in [2.24, 2.45) is 17.8 Å². The van der Waals surface area contributed by atoms with Gasteiger partial charge >= 0.3 is 11.9 Å². The molecular weight excluding hydrogens is 492 g/mol. The molecule has 2 aliphatic rings. The Bertz CT molecular complexity index is 949. The molecule has 0 spiro atoms. The first-order chi connectivity index (χ1) is 18.2. The first-order valence-corrected chi connectivity index (χ1v) is 13.6. The highest BCUT2D eigenvalue weighted by Gasteiger charge is 2.36. The molecule has 0 radical (unpaired) electrons. The number of aromatic nitrogens is 1. The van der Waals surface area contributed by atoms with Crippen LogP contribution in [0, 0.1) is 17.8 Å². The lowest BCUT2D eigenvalue weighted by Crippen LogP contribution is -2.44. The van der Waals surface area contributed by atoms with Crippen molar-refractivity contribution in [1.29, 1.82) is 0 Å². The van der Waals surface area contributed by atoms with Crippen LogP contribution < -0.4 is 14.8 Å². The summed E-state index contributed by atoms with van der Waals surface area (Å²) in [6.07, 6.45) is 7.30. The van der Waals surface area contributed by atoms with Crippen molar-refractivity contribution in [2.75, 3.05) is 20.5 Å². The molecule has 1 aromatic heterocycles. The Morgan fingerprint density at radius 2 is 1.97 bits per heavy atom. The van der Waals surface area contributed by atoms with E-state index in [0.29, 0.717) is 24.9 Å². The summed E-state index contributed by atoms with van der Waals surface area (Å²) < 4.78 is 27.8. The first-order valence-electron chi connectivity index (χ1n) is 13.6. The second kappa shape index (κ2) is 14.3. The number of nitrogens with zero attached hydrogens (tertiary/aromatic N) is 1. The summed E-state index contributed by atoms with van der Waals surface area (Å²) in [5.41, 5.74) is -0.0855. The summed E-state index contributed by atoms with van der Waals surface area (Å²) in [4.78, 5) is 41.7. The van der Waals surface area contributed by atoms with Gasteiger partial charge in [0, 0.05) is 25.8 Å². The zero-order valence-corrected chi connectivity index (χ0v) is 23.2. The van der Waals surface area contributed by atoms with E-state index >= 15 is 0 Å². The van der Waals surface area contributed by atoms with Crippen LogP contribution in [0.4, 0.5) is 0 Å². The Morgan fingerprint density at radius 3 is 2.63 bits per heavy atom. The van der Waals surface area contributed by atoms with Gasteiger partial charge in [-0.25, -0.2) is 9.78 Å². The van der Waals surface area contributed by atoms with E-state index in [1.165, 1.54) is 39.1 Å². The third-order valence-electron chi connectivity index (χ3n) is 6.99. The van der Waals surface area contributed by atoms with E-state index in [4.69, 9.17) is 23.7 Å². The van der Waals surface area contributed by atoms with E-state index in [9.17, 15) is 14.4 Å². The van der Waals surface area contributed by atoms with Gasteiger partial charge in [0.15, 0.2) is 17.2 Å². The van der Waals surface area contributed by atoms with Gasteiger partial charge in [0.25, 0.3) is 5.91 Å². The number of nitrogens with one attached hydrogen (secondary N) is 1. The summed E-state index contributed by atoms with van der Waals surface area (Å²) in [5, 5.41) is 2.77. The average Bonchev–Trinajstić information content (AvgIpc) is 3.69. The van der Waals surface area contributed by atoms with Gasteiger partial charge in [0.05, 0.1) is 13.2 Å². The van der Waals surface area contributed by atoms with Crippen LogP contribution in [0.1, 0.15) is 83.1 Å². The average molecular weight is 535 g/mol. The molecule has 2 fully saturated rings. The van der Waals surface area contributed by atoms with Crippen molar-refractivity contribution in [1.82, 2.24) is 10.3 Å². The fourth-order valence-corrected chi connectivity index (χ4v) is 4.66. The van der Waals surface area contributed by atoms with Gasteiger partial charge in [-0.2, -0.15) is 0 Å². The lowest BCUT2D eigenvalue weighted by molar-refractivity contribution is -0.161. The van der Waals surface area contributed by atoms with Gasteiger partial charge < -0.3 is 29.0 Å². The molecule has 1 aliphatic carbocycles. The van der Waals surface area contributed by atoms with Crippen LogP contribution in [-0.2, 0) is 23.8 Å². The van der Waals surface area contributed by atoms with E-state index in [0.717, 1.165) is 25.7 Å². The van der Waals surface area contributed by atoms with Crippen molar-refractivity contribution in [3.8, 4) is 11.5 Å². The SMILES string of the molecule is COc1ccnc(C(=O)N[C@H]2CCC[C@H](CCC(C)C)[C@@H](OCC3CC3)[C@H](C)OC2=O)c1OCOC(C)=O. The molecule has 1 saturated heterocycles. The number of esters is 2. The van der Waals surface area contributed by atoms with Crippen molar-refractivity contribution in [2.45, 2.75) is 90.9 Å². The molecule has 38 heavy (non-hydrogen) atoms. The number of carbonyl (C=O) groups is 3. The number of ether oxygens (including phenoxy) is 5. The molecule has 1 amide bonds. The Morgan fingerprint density at radius 1 is 1.21 bits per heavy atom. The van der Waals surface area contributed by atoms with E-state index < -0.39 is 36.8 Å². The van der Waals surface area contributed by atoms with Crippen LogP contribution in [-0.4, -0.2) is 61.6 Å². The number of cyclic esters (lactones) is 1. The smallest absolute Gasteiger partial charge is 0.329 e. The van der Waals surface area contributed by atoms with Crippen LogP contribution in [0.15, 0.2) is 12.3 Å². The maximum Gasteiger partial charge on any atom is 0.329 e. The quantitative estimate of drug-likeness (QED) is 0.312. The van der Waals surface area contributed by atoms with Crippen LogP contribution in [0.25, 0.3) is 0 Å². The number of amides is 1. The van der Waals surface area contributed by atoms with Gasteiger partial charge in [0.2, 0.25) is 6.79 Å². The molecule has 10 heteroatoms. The molecule has 1 N–H and O–H groups in total. The fraction of sp³-hybridized carbons (Fsp3) is 0.714. The number of hydrogen-bond acceptors (Lipinski definition) is 9. The van der Waals surface area contributed by atoms with Crippen LogP contribution in [0.3, 0.4) is 0 Å². The summed E-state index contributed by atoms with van der Waals surface area (Å²) in [6.45, 7) is 7.83. The maximum absolute atomic E-state index is 13.3. The molecule has 10 nitrogen and oxygen atoms in total. The molecular formula is C28H42N2O8. The molecule has 0 aromatic carbocycles. The van der Waals surface area contributed by atoms with Gasteiger partial charge in [-0.1, -0.05) is 26.7 Å². The predicted octanol–water partition coefficient (Wildman–Crippen LogP) is 4.05. The molecule has 0 unspecified atom stereocenters. The fourth-order valence-electron chi connectivity index (χ4n) is 4.66. The predicted molar refractivity (Wildman–Crippen MR) is 139 cm³/mol. The topological polar surface area (TPSA) is 122 Å². The zero-order chi connectivity index (χ0) is 27.7. The Hall–Kier alpha value is -2.88. The van der Waals surface area contributed by atoms with E-state index in [1.54, 1.807) is 0 Å². The van der Waals surface area contributed by atoms with Gasteiger partial charge in [0.1, 0.15) is 12.1 Å². The summed E-state index contributed by atoms with van der Waals surface area (Å²) in [7, 11) is 1.42. The second-order valence-corrected chi connectivity index (χ2v) is 10.7. The van der Waals surface area contributed by atoms with Crippen molar-refractivity contribution >= 4 is 17.8 Å². The van der Waals surface area contributed by atoms with Crippen molar-refractivity contribution in [3.63, 3.8) is 0 Å². The lowest BCUT2D eigenvalue weighted by Gasteiger charge is -2.31. The monoisotopic (exact) mass is 534 g/mol. The zero-order valence-electron chi connectivity index (χ0n) is 23.2. The normalized spacial score (nSPS) is 24.0. The highest BCUT2D eigenvalue weighted by atomic mass is 16.7. The van der Waals surface area contributed by atoms with Gasteiger partial charge in [-0.15, -0.1) is 0 Å². The lowest BCUT2D eigenvalue weighted by atomic mass is 9.86. The van der Waals surface area contributed by atoms with Crippen LogP contribution in [0.2, 0.25) is 0 Å². The third kappa shape index (κ3) is 8.85. The molecule has 212 valence electrons. The molecule has 1 aromatic rings. The molecule has 4 atom stereocenters. The number of pyridine rings is 1. The van der Waals surface area contributed by atoms with Crippen LogP contribution in [0.5, 0.6) is 11.5 Å². The number of hydrogen-bond donors (Lipinski definition) is 1. The first kappa shape index (κ1) is 29.7. The second-order valence-electron chi connectivity index (χ2n) is 10.7. The maximum atomic E-state index is 13.3. The van der Waals surface area contributed by atoms with Gasteiger partial charge in [-0.05, 0) is 56.8 Å². The van der Waals surface area contributed by atoms with E-state index in [1.807, 2.05) is 6.92 Å². The minimum Gasteiger partial charge on any atom is -0.493 e. The van der Waals surface area contributed by atoms with Crippen LogP contribution >= 0.6 is 0 Å². The van der Waals surface area contributed by atoms with Crippen molar-refractivity contribution < 1.29 is 38.1 Å². The Labute approximate surface area is 225 Å². The van der Waals surface area contributed by atoms with E-state index in [2.05, 4.69) is 24.1 Å². The number of methoxy groups -OCH3 is 1. The van der Waals surface area contributed by atoms with Gasteiger partial charge in [-0.3, -0.25) is 9.59 Å².